The molecule has 1 fully saturated rings. The largest absolute Gasteiger partial charge is 0.367 e. The van der Waals surface area contributed by atoms with Crippen LogP contribution >= 0.6 is 0 Å². The predicted molar refractivity (Wildman–Crippen MR) is 82.8 cm³/mol. The molecular formula is C16H18F2N4O. The monoisotopic (exact) mass is 320 g/mol. The van der Waals surface area contributed by atoms with Gasteiger partial charge in [0.25, 0.3) is 0 Å². The van der Waals surface area contributed by atoms with Crippen LogP contribution < -0.4 is 5.32 Å². The van der Waals surface area contributed by atoms with Gasteiger partial charge >= 0.3 is 6.55 Å². The van der Waals surface area contributed by atoms with Crippen molar-refractivity contribution in [2.45, 2.75) is 32.0 Å². The maximum absolute atomic E-state index is 13.3. The molecule has 0 aromatic carbocycles. The van der Waals surface area contributed by atoms with Crippen molar-refractivity contribution in [1.82, 2.24) is 19.8 Å². The molecule has 0 bridgehead atoms. The van der Waals surface area contributed by atoms with E-state index in [4.69, 9.17) is 0 Å². The number of alkyl halides is 2. The molecule has 0 radical (unpaired) electrons. The summed E-state index contributed by atoms with van der Waals surface area (Å²) in [6.07, 6.45) is 4.48. The van der Waals surface area contributed by atoms with E-state index in [1.807, 2.05) is 11.9 Å². The molecule has 1 amide bonds. The third-order valence-corrected chi connectivity index (χ3v) is 4.33. The Bertz CT molecular complexity index is 756. The smallest absolute Gasteiger partial charge is 0.319 e. The predicted octanol–water partition coefficient (Wildman–Crippen LogP) is 2.66. The summed E-state index contributed by atoms with van der Waals surface area (Å²) in [7, 11) is 1.82. The number of allylic oxidation sites excluding steroid dienone is 1. The van der Waals surface area contributed by atoms with E-state index in [-0.39, 0.29) is 18.5 Å². The highest BCUT2D eigenvalue weighted by Gasteiger charge is 2.29. The molecule has 3 rings (SSSR count). The molecule has 122 valence electrons. The first kappa shape index (κ1) is 15.5. The molecule has 3 heterocycles. The Labute approximate surface area is 132 Å². The lowest BCUT2D eigenvalue weighted by Gasteiger charge is -2.21. The minimum atomic E-state index is -2.67. The van der Waals surface area contributed by atoms with Crippen LogP contribution in [0.15, 0.2) is 36.8 Å². The van der Waals surface area contributed by atoms with Gasteiger partial charge in [0.05, 0.1) is 12.1 Å². The first-order valence-electron chi connectivity index (χ1n) is 7.39. The van der Waals surface area contributed by atoms with Crippen LogP contribution in [0.2, 0.25) is 0 Å². The number of carbonyl (C=O) groups is 1. The molecule has 2 aromatic rings. The first-order chi connectivity index (χ1) is 11.0. The maximum atomic E-state index is 13.3. The molecule has 23 heavy (non-hydrogen) atoms. The van der Waals surface area contributed by atoms with Gasteiger partial charge in [-0.1, -0.05) is 6.58 Å². The van der Waals surface area contributed by atoms with Crippen molar-refractivity contribution in [1.29, 1.82) is 0 Å². The highest BCUT2D eigenvalue weighted by atomic mass is 19.3. The van der Waals surface area contributed by atoms with Crippen LogP contribution in [0.5, 0.6) is 0 Å². The Balaban J connectivity index is 1.78. The fraction of sp³-hybridized carbons (Fsp3) is 0.375. The molecule has 0 aliphatic carbocycles. The zero-order valence-corrected chi connectivity index (χ0v) is 12.8. The Hall–Kier alpha value is -2.44. The number of hydrogen-bond donors (Lipinski definition) is 1. The summed E-state index contributed by atoms with van der Waals surface area (Å²) >= 11 is 0. The van der Waals surface area contributed by atoms with Gasteiger partial charge in [0, 0.05) is 36.2 Å². The van der Waals surface area contributed by atoms with E-state index in [0.29, 0.717) is 23.0 Å². The average Bonchev–Trinajstić information content (AvgIpc) is 3.06. The number of pyridine rings is 1. The van der Waals surface area contributed by atoms with E-state index in [1.165, 1.54) is 12.4 Å². The molecule has 1 atom stereocenters. The Kier molecular flexibility index (Phi) is 4.02. The van der Waals surface area contributed by atoms with Gasteiger partial charge in [-0.05, 0) is 25.0 Å². The lowest BCUT2D eigenvalue weighted by Crippen LogP contribution is -2.40. The van der Waals surface area contributed by atoms with Crippen LogP contribution in [-0.2, 0) is 11.3 Å². The second kappa shape index (κ2) is 5.98. The third-order valence-electron chi connectivity index (χ3n) is 4.33. The molecule has 5 nitrogen and oxygen atoms in total. The molecular weight excluding hydrogens is 302 g/mol. The average molecular weight is 320 g/mol. The number of nitrogens with zero attached hydrogens (tertiary/aromatic N) is 3. The minimum absolute atomic E-state index is 0.0503. The standard InChI is InChI=1S/C16H18F2N4O/c1-10-3-4-14(21(10)2)15(23)20-9-12-7-11-8-19-6-5-13(11)22(12)16(17)18/h5-8,14,16H,1,3-4,9H2,2H3,(H,20,23). The summed E-state index contributed by atoms with van der Waals surface area (Å²) in [6.45, 7) is 1.27. The Morgan fingerprint density at radius 1 is 1.57 bits per heavy atom. The number of halogens is 2. The molecule has 0 saturated carbocycles. The van der Waals surface area contributed by atoms with Crippen LogP contribution in [0.1, 0.15) is 25.1 Å². The summed E-state index contributed by atoms with van der Waals surface area (Å²) in [5, 5.41) is 3.38. The van der Waals surface area contributed by atoms with E-state index < -0.39 is 6.55 Å². The SMILES string of the molecule is C=C1CCC(C(=O)NCc2cc3cnccc3n2C(F)F)N1C. The van der Waals surface area contributed by atoms with E-state index in [1.54, 1.807) is 12.1 Å². The third kappa shape index (κ3) is 2.78. The zero-order valence-electron chi connectivity index (χ0n) is 12.8. The molecule has 0 spiro atoms. The summed E-state index contributed by atoms with van der Waals surface area (Å²) in [6, 6.07) is 2.89. The summed E-state index contributed by atoms with van der Waals surface area (Å²) in [5.74, 6) is -0.171. The Morgan fingerprint density at radius 3 is 3.00 bits per heavy atom. The van der Waals surface area contributed by atoms with Gasteiger partial charge in [-0.15, -0.1) is 0 Å². The number of nitrogens with one attached hydrogen (secondary N) is 1. The fourth-order valence-corrected chi connectivity index (χ4v) is 3.00. The zero-order chi connectivity index (χ0) is 16.6. The van der Waals surface area contributed by atoms with E-state index in [9.17, 15) is 13.6 Å². The van der Waals surface area contributed by atoms with Gasteiger partial charge in [-0.25, -0.2) is 0 Å². The Morgan fingerprint density at radius 2 is 2.35 bits per heavy atom. The number of carbonyl (C=O) groups excluding carboxylic acids is 1. The minimum Gasteiger partial charge on any atom is -0.367 e. The van der Waals surface area contributed by atoms with Crippen molar-refractivity contribution in [3.05, 3.63) is 42.5 Å². The van der Waals surface area contributed by atoms with Gasteiger partial charge in [0.2, 0.25) is 5.91 Å². The maximum Gasteiger partial charge on any atom is 0.319 e. The van der Waals surface area contributed by atoms with Gasteiger partial charge in [-0.2, -0.15) is 8.78 Å². The van der Waals surface area contributed by atoms with Crippen molar-refractivity contribution in [3.63, 3.8) is 0 Å². The normalized spacial score (nSPS) is 18.2. The molecule has 2 aromatic heterocycles. The summed E-state index contributed by atoms with van der Waals surface area (Å²) in [5.41, 5.74) is 1.68. The number of rotatable bonds is 4. The van der Waals surface area contributed by atoms with Gasteiger partial charge < -0.3 is 10.2 Å². The van der Waals surface area contributed by atoms with E-state index >= 15 is 0 Å². The number of likely N-dealkylation sites (N-methyl/N-ethyl adjacent to an activating group) is 1. The van der Waals surface area contributed by atoms with Crippen molar-refractivity contribution in [2.75, 3.05) is 7.05 Å². The van der Waals surface area contributed by atoms with Crippen LogP contribution in [0.25, 0.3) is 10.9 Å². The number of hydrogen-bond acceptors (Lipinski definition) is 3. The highest BCUT2D eigenvalue weighted by molar-refractivity contribution is 5.83. The van der Waals surface area contributed by atoms with Crippen molar-refractivity contribution in [3.8, 4) is 0 Å². The lowest BCUT2D eigenvalue weighted by molar-refractivity contribution is -0.125. The summed E-state index contributed by atoms with van der Waals surface area (Å²) in [4.78, 5) is 18.0. The highest BCUT2D eigenvalue weighted by Crippen LogP contribution is 2.26. The van der Waals surface area contributed by atoms with Crippen molar-refractivity contribution >= 4 is 16.8 Å². The molecule has 1 saturated heterocycles. The quantitative estimate of drug-likeness (QED) is 0.942. The first-order valence-corrected chi connectivity index (χ1v) is 7.39. The topological polar surface area (TPSA) is 50.2 Å². The van der Waals surface area contributed by atoms with E-state index in [2.05, 4.69) is 16.9 Å². The number of aromatic nitrogens is 2. The number of likely N-dealkylation sites (tertiary alicyclic amines) is 1. The molecule has 1 aliphatic heterocycles. The molecule has 1 aliphatic rings. The van der Waals surface area contributed by atoms with Crippen LogP contribution in [-0.4, -0.2) is 33.4 Å². The molecule has 1 N–H and O–H groups in total. The van der Waals surface area contributed by atoms with Gasteiger partial charge in [-0.3, -0.25) is 14.3 Å². The van der Waals surface area contributed by atoms with Gasteiger partial charge in [0.15, 0.2) is 0 Å². The van der Waals surface area contributed by atoms with Crippen LogP contribution in [0.4, 0.5) is 8.78 Å². The van der Waals surface area contributed by atoms with Crippen molar-refractivity contribution < 1.29 is 13.6 Å². The second-order valence-electron chi connectivity index (χ2n) is 5.67. The fourth-order valence-electron chi connectivity index (χ4n) is 3.00. The van der Waals surface area contributed by atoms with Gasteiger partial charge in [0.1, 0.15) is 6.04 Å². The van der Waals surface area contributed by atoms with Crippen molar-refractivity contribution in [2.24, 2.45) is 0 Å². The van der Waals surface area contributed by atoms with Crippen LogP contribution in [0.3, 0.4) is 0 Å². The molecule has 1 unspecified atom stereocenters. The lowest BCUT2D eigenvalue weighted by atomic mass is 10.2. The number of amides is 1. The van der Waals surface area contributed by atoms with Crippen LogP contribution in [0, 0.1) is 0 Å². The molecule has 7 heteroatoms. The number of fused-ring (bicyclic) bond motifs is 1. The van der Waals surface area contributed by atoms with E-state index in [0.717, 1.165) is 16.7 Å². The summed E-state index contributed by atoms with van der Waals surface area (Å²) < 4.78 is 27.6. The second-order valence-corrected chi connectivity index (χ2v) is 5.67.